The zero-order valence-electron chi connectivity index (χ0n) is 16.8. The summed E-state index contributed by atoms with van der Waals surface area (Å²) in [4.78, 5) is 32.9. The van der Waals surface area contributed by atoms with E-state index >= 15 is 0 Å². The molecule has 2 aromatic carbocycles. The molecule has 2 amide bonds. The number of hydrogen-bond donors (Lipinski definition) is 1. The van der Waals surface area contributed by atoms with Crippen LogP contribution in [0.25, 0.3) is 21.3 Å². The van der Waals surface area contributed by atoms with Crippen molar-refractivity contribution < 1.29 is 18.7 Å². The van der Waals surface area contributed by atoms with Crippen LogP contribution in [0.5, 0.6) is 5.75 Å². The van der Waals surface area contributed by atoms with Gasteiger partial charge in [-0.15, -0.1) is 0 Å². The smallest absolute Gasteiger partial charge is 0.258 e. The maximum Gasteiger partial charge on any atom is 0.258 e. The van der Waals surface area contributed by atoms with E-state index in [-0.39, 0.29) is 40.4 Å². The number of nitrogens with zero attached hydrogens (tertiary/aromatic N) is 3. The van der Waals surface area contributed by atoms with E-state index in [0.717, 1.165) is 11.3 Å². The van der Waals surface area contributed by atoms with Crippen molar-refractivity contribution in [3.05, 3.63) is 53.3 Å². The lowest BCUT2D eigenvalue weighted by Crippen LogP contribution is -2.57. The number of carbonyl (C=O) groups excluding carboxylic acids is 2. The van der Waals surface area contributed by atoms with Gasteiger partial charge in [0, 0.05) is 30.8 Å². The van der Waals surface area contributed by atoms with Gasteiger partial charge in [-0.2, -0.15) is 0 Å². The second-order valence-corrected chi connectivity index (χ2v) is 8.99. The highest BCUT2D eigenvalue weighted by Gasteiger charge is 2.37. The van der Waals surface area contributed by atoms with E-state index < -0.39 is 5.82 Å². The number of hydrogen-bond acceptors (Lipinski definition) is 6. The number of ether oxygens (including phenoxy) is 1. The summed E-state index contributed by atoms with van der Waals surface area (Å²) < 4.78 is 20.6. The molecular weight excluding hydrogens is 455 g/mol. The lowest BCUT2D eigenvalue weighted by molar-refractivity contribution is -0.128. The normalized spacial score (nSPS) is 18.1. The Morgan fingerprint density at radius 1 is 1.28 bits per heavy atom. The first-order valence-electron chi connectivity index (χ1n) is 9.91. The molecule has 0 saturated carbocycles. The summed E-state index contributed by atoms with van der Waals surface area (Å²) in [7, 11) is 0. The van der Waals surface area contributed by atoms with Gasteiger partial charge in [0.05, 0.1) is 26.8 Å². The molecule has 3 heterocycles. The van der Waals surface area contributed by atoms with Crippen LogP contribution in [-0.4, -0.2) is 58.9 Å². The molecule has 2 aliphatic heterocycles. The average molecular weight is 473 g/mol. The van der Waals surface area contributed by atoms with Gasteiger partial charge in [-0.3, -0.25) is 9.59 Å². The minimum absolute atomic E-state index is 0.179. The van der Waals surface area contributed by atoms with Crippen LogP contribution in [0.1, 0.15) is 10.4 Å². The van der Waals surface area contributed by atoms with Gasteiger partial charge in [-0.1, -0.05) is 35.6 Å². The Hall–Kier alpha value is -3.17. The molecule has 2 N–H and O–H groups in total. The zero-order valence-corrected chi connectivity index (χ0v) is 18.4. The number of rotatable bonds is 2. The fourth-order valence-electron chi connectivity index (χ4n) is 4.21. The average Bonchev–Trinajstić information content (AvgIpc) is 3.13. The molecule has 32 heavy (non-hydrogen) atoms. The van der Waals surface area contributed by atoms with Crippen molar-refractivity contribution in [2.24, 2.45) is 0 Å². The SMILES string of the molecule is C=CC(=O)N1CCN2C(=O)c3ccc(-c4ccc(F)c5sc(N)nc45)c(Cl)c3OC[C@H]2C1. The topological polar surface area (TPSA) is 88.8 Å². The van der Waals surface area contributed by atoms with E-state index in [2.05, 4.69) is 11.6 Å². The summed E-state index contributed by atoms with van der Waals surface area (Å²) >= 11 is 7.78. The van der Waals surface area contributed by atoms with Crippen LogP contribution >= 0.6 is 22.9 Å². The van der Waals surface area contributed by atoms with Gasteiger partial charge in [-0.05, 0) is 24.3 Å². The minimum Gasteiger partial charge on any atom is -0.489 e. The highest BCUT2D eigenvalue weighted by Crippen LogP contribution is 2.43. The lowest BCUT2D eigenvalue weighted by Gasteiger charge is -2.39. The molecule has 0 bridgehead atoms. The number of thiazole rings is 1. The highest BCUT2D eigenvalue weighted by atomic mass is 35.5. The van der Waals surface area contributed by atoms with E-state index in [0.29, 0.717) is 46.5 Å². The third kappa shape index (κ3) is 3.20. The van der Waals surface area contributed by atoms with Crippen molar-refractivity contribution in [2.75, 3.05) is 32.0 Å². The molecule has 3 aromatic rings. The molecule has 1 aromatic heterocycles. The van der Waals surface area contributed by atoms with Crippen molar-refractivity contribution >= 4 is 50.1 Å². The van der Waals surface area contributed by atoms with Crippen LogP contribution in [0.4, 0.5) is 9.52 Å². The molecule has 0 unspecified atom stereocenters. The van der Waals surface area contributed by atoms with Crippen molar-refractivity contribution in [3.8, 4) is 16.9 Å². The molecule has 0 spiro atoms. The van der Waals surface area contributed by atoms with Gasteiger partial charge in [0.2, 0.25) is 5.91 Å². The molecule has 10 heteroatoms. The molecule has 1 atom stereocenters. The van der Waals surface area contributed by atoms with Gasteiger partial charge in [0.1, 0.15) is 12.4 Å². The number of anilines is 1. The quantitative estimate of drug-likeness (QED) is 0.576. The number of nitrogen functional groups attached to an aromatic ring is 1. The zero-order chi connectivity index (χ0) is 22.6. The van der Waals surface area contributed by atoms with Gasteiger partial charge < -0.3 is 20.3 Å². The molecule has 0 radical (unpaired) electrons. The maximum atomic E-state index is 14.2. The number of aromatic nitrogens is 1. The Balaban J connectivity index is 1.55. The maximum absolute atomic E-state index is 14.2. The first-order chi connectivity index (χ1) is 15.4. The molecule has 0 aliphatic carbocycles. The lowest BCUT2D eigenvalue weighted by atomic mass is 10.0. The number of fused-ring (bicyclic) bond motifs is 3. The number of piperazine rings is 1. The van der Waals surface area contributed by atoms with E-state index in [1.54, 1.807) is 28.0 Å². The Kier molecular flexibility index (Phi) is 5.02. The first kappa shape index (κ1) is 20.7. The monoisotopic (exact) mass is 472 g/mol. The Morgan fingerprint density at radius 2 is 2.03 bits per heavy atom. The largest absolute Gasteiger partial charge is 0.489 e. The van der Waals surface area contributed by atoms with Gasteiger partial charge in [-0.25, -0.2) is 9.37 Å². The van der Waals surface area contributed by atoms with Crippen LogP contribution in [-0.2, 0) is 4.79 Å². The number of nitrogens with two attached hydrogens (primary N) is 1. The van der Waals surface area contributed by atoms with Crippen LogP contribution in [0.3, 0.4) is 0 Å². The summed E-state index contributed by atoms with van der Waals surface area (Å²) in [5.74, 6) is -0.526. The predicted molar refractivity (Wildman–Crippen MR) is 122 cm³/mol. The van der Waals surface area contributed by atoms with Gasteiger partial charge >= 0.3 is 0 Å². The number of benzene rings is 2. The van der Waals surface area contributed by atoms with Crippen LogP contribution in [0.15, 0.2) is 36.9 Å². The Morgan fingerprint density at radius 3 is 2.81 bits per heavy atom. The van der Waals surface area contributed by atoms with Crippen molar-refractivity contribution in [1.29, 1.82) is 0 Å². The molecule has 2 aliphatic rings. The molecule has 1 fully saturated rings. The van der Waals surface area contributed by atoms with Crippen molar-refractivity contribution in [2.45, 2.75) is 6.04 Å². The van der Waals surface area contributed by atoms with Crippen molar-refractivity contribution in [1.82, 2.24) is 14.8 Å². The van der Waals surface area contributed by atoms with E-state index in [1.165, 1.54) is 12.1 Å². The van der Waals surface area contributed by atoms with E-state index in [1.807, 2.05) is 0 Å². The highest BCUT2D eigenvalue weighted by molar-refractivity contribution is 7.22. The number of amides is 2. The second kappa shape index (κ2) is 7.75. The summed E-state index contributed by atoms with van der Waals surface area (Å²) in [6.45, 7) is 4.88. The standard InChI is InChI=1S/C22H18ClFN4O3S/c1-2-16(29)27-7-8-28-11(9-27)10-31-19-14(21(28)30)4-3-12(17(19)23)13-5-6-15(24)20-18(13)26-22(25)32-20/h2-6,11H,1,7-10H2,(H2,25,26)/t11-/m1/s1. The predicted octanol–water partition coefficient (Wildman–Crippen LogP) is 3.57. The molecule has 164 valence electrons. The van der Waals surface area contributed by atoms with Crippen LogP contribution in [0.2, 0.25) is 5.02 Å². The molecule has 1 saturated heterocycles. The molecule has 7 nitrogen and oxygen atoms in total. The Bertz CT molecular complexity index is 1290. The van der Waals surface area contributed by atoms with Crippen LogP contribution < -0.4 is 10.5 Å². The van der Waals surface area contributed by atoms with E-state index in [9.17, 15) is 14.0 Å². The molecular formula is C22H18ClFN4O3S. The summed E-state index contributed by atoms with van der Waals surface area (Å²) in [6.07, 6.45) is 1.27. The number of carbonyl (C=O) groups is 2. The number of halogens is 2. The Labute approximate surface area is 191 Å². The third-order valence-corrected chi connectivity index (χ3v) is 7.05. The van der Waals surface area contributed by atoms with Gasteiger partial charge in [0.15, 0.2) is 10.9 Å². The minimum atomic E-state index is -0.411. The fraction of sp³-hybridized carbons (Fsp3) is 0.227. The third-order valence-electron chi connectivity index (χ3n) is 5.78. The van der Waals surface area contributed by atoms with Crippen molar-refractivity contribution in [3.63, 3.8) is 0 Å². The van der Waals surface area contributed by atoms with Gasteiger partial charge in [0.25, 0.3) is 5.91 Å². The summed E-state index contributed by atoms with van der Waals surface area (Å²) in [5.41, 5.74) is 7.72. The molecule has 5 rings (SSSR count). The van der Waals surface area contributed by atoms with E-state index in [4.69, 9.17) is 22.1 Å². The summed E-state index contributed by atoms with van der Waals surface area (Å²) in [6, 6.07) is 6.00. The fourth-order valence-corrected chi connectivity index (χ4v) is 5.30. The van der Waals surface area contributed by atoms with Crippen LogP contribution in [0, 0.1) is 5.82 Å². The first-order valence-corrected chi connectivity index (χ1v) is 11.1. The second-order valence-electron chi connectivity index (χ2n) is 7.58. The summed E-state index contributed by atoms with van der Waals surface area (Å²) in [5, 5.41) is 0.494.